The van der Waals surface area contributed by atoms with Gasteiger partial charge in [0.1, 0.15) is 0 Å². The van der Waals surface area contributed by atoms with Gasteiger partial charge >= 0.3 is 5.97 Å². The van der Waals surface area contributed by atoms with Crippen molar-refractivity contribution < 1.29 is 19.5 Å². The predicted molar refractivity (Wildman–Crippen MR) is 81.0 cm³/mol. The second-order valence-electron chi connectivity index (χ2n) is 5.16. The van der Waals surface area contributed by atoms with Gasteiger partial charge in [0.05, 0.1) is 23.6 Å². The van der Waals surface area contributed by atoms with Crippen molar-refractivity contribution in [1.82, 2.24) is 4.90 Å². The maximum Gasteiger partial charge on any atom is 0.305 e. The first-order valence-corrected chi connectivity index (χ1v) is 7.60. The highest BCUT2D eigenvalue weighted by Gasteiger charge is 2.41. The summed E-state index contributed by atoms with van der Waals surface area (Å²) in [5.74, 6) is -1.91. The van der Waals surface area contributed by atoms with Crippen LogP contribution in [0.25, 0.3) is 0 Å². The minimum absolute atomic E-state index is 0.301. The zero-order valence-electron chi connectivity index (χ0n) is 11.8. The molecule has 1 unspecified atom stereocenters. The molecule has 0 fully saturated rings. The molecule has 0 saturated heterocycles. The molecule has 1 N–H and O–H groups in total. The highest BCUT2D eigenvalue weighted by Crippen LogP contribution is 2.35. The first-order chi connectivity index (χ1) is 10.5. The molecule has 5 nitrogen and oxygen atoms in total. The summed E-state index contributed by atoms with van der Waals surface area (Å²) in [4.78, 5) is 38.1. The minimum Gasteiger partial charge on any atom is -0.481 e. The van der Waals surface area contributed by atoms with Crippen molar-refractivity contribution in [2.24, 2.45) is 0 Å². The molecule has 1 aliphatic rings. The number of rotatable bonds is 4. The maximum absolute atomic E-state index is 12.6. The number of amides is 2. The fourth-order valence-electron chi connectivity index (χ4n) is 2.62. The molecule has 2 aromatic rings. The molecule has 2 amide bonds. The van der Waals surface area contributed by atoms with Crippen LogP contribution in [0, 0.1) is 6.92 Å². The summed E-state index contributed by atoms with van der Waals surface area (Å²) in [6.45, 7) is 1.84. The molecule has 0 saturated carbocycles. The molecule has 2 heterocycles. The van der Waals surface area contributed by atoms with Crippen LogP contribution < -0.4 is 0 Å². The Labute approximate surface area is 130 Å². The molecule has 1 aromatic heterocycles. The Morgan fingerprint density at radius 3 is 2.59 bits per heavy atom. The lowest BCUT2D eigenvalue weighted by atomic mass is 10.1. The summed E-state index contributed by atoms with van der Waals surface area (Å²) < 4.78 is 0. The van der Waals surface area contributed by atoms with Crippen molar-refractivity contribution in [1.29, 1.82) is 0 Å². The van der Waals surface area contributed by atoms with Gasteiger partial charge in [0.25, 0.3) is 11.8 Å². The van der Waals surface area contributed by atoms with Crippen molar-refractivity contribution >= 4 is 29.1 Å². The number of fused-ring (bicyclic) bond motifs is 1. The van der Waals surface area contributed by atoms with Gasteiger partial charge in [-0.3, -0.25) is 19.3 Å². The Bertz CT molecular complexity index is 766. The molecule has 0 aliphatic carbocycles. The molecule has 0 radical (unpaired) electrons. The van der Waals surface area contributed by atoms with Gasteiger partial charge < -0.3 is 5.11 Å². The number of benzene rings is 1. The number of carboxylic acid groups (broad SMARTS) is 1. The minimum atomic E-state index is -1.05. The van der Waals surface area contributed by atoms with Crippen LogP contribution in [-0.2, 0) is 4.79 Å². The van der Waals surface area contributed by atoms with E-state index in [0.29, 0.717) is 16.0 Å². The van der Waals surface area contributed by atoms with Crippen LogP contribution in [0.4, 0.5) is 0 Å². The number of nitrogens with zero attached hydrogens (tertiary/aromatic N) is 1. The van der Waals surface area contributed by atoms with Crippen LogP contribution in [-0.4, -0.2) is 27.8 Å². The smallest absolute Gasteiger partial charge is 0.305 e. The van der Waals surface area contributed by atoms with E-state index in [0.717, 1.165) is 10.5 Å². The van der Waals surface area contributed by atoms with E-state index in [-0.39, 0.29) is 6.42 Å². The summed E-state index contributed by atoms with van der Waals surface area (Å²) in [6.07, 6.45) is -0.301. The predicted octanol–water partition coefficient (Wildman–Crippen LogP) is 2.87. The average Bonchev–Trinajstić information content (AvgIpc) is 3.06. The molecule has 6 heteroatoms. The third kappa shape index (κ3) is 2.31. The maximum atomic E-state index is 12.6. The van der Waals surface area contributed by atoms with Gasteiger partial charge in [0.15, 0.2) is 0 Å². The third-order valence-electron chi connectivity index (χ3n) is 3.62. The van der Waals surface area contributed by atoms with Gasteiger partial charge in [-0.1, -0.05) is 17.7 Å². The van der Waals surface area contributed by atoms with Gasteiger partial charge in [0.2, 0.25) is 0 Å². The Balaban J connectivity index is 2.05. The van der Waals surface area contributed by atoms with Crippen LogP contribution in [0.2, 0.25) is 0 Å². The van der Waals surface area contributed by atoms with E-state index in [1.807, 2.05) is 6.92 Å². The average molecular weight is 315 g/mol. The molecule has 112 valence electrons. The van der Waals surface area contributed by atoms with Crippen molar-refractivity contribution in [3.05, 3.63) is 57.3 Å². The quantitative estimate of drug-likeness (QED) is 0.880. The van der Waals surface area contributed by atoms with Crippen molar-refractivity contribution in [3.8, 4) is 0 Å². The first kappa shape index (κ1) is 14.5. The van der Waals surface area contributed by atoms with E-state index in [1.54, 1.807) is 35.7 Å². The molecule has 1 aliphatic heterocycles. The number of hydrogen-bond acceptors (Lipinski definition) is 4. The van der Waals surface area contributed by atoms with E-state index >= 15 is 0 Å². The van der Waals surface area contributed by atoms with E-state index in [1.165, 1.54) is 11.3 Å². The largest absolute Gasteiger partial charge is 0.481 e. The van der Waals surface area contributed by atoms with Crippen LogP contribution >= 0.6 is 11.3 Å². The summed E-state index contributed by atoms with van der Waals surface area (Å²) in [5.41, 5.74) is 1.56. The highest BCUT2D eigenvalue weighted by atomic mass is 32.1. The van der Waals surface area contributed by atoms with Gasteiger partial charge in [-0.15, -0.1) is 11.3 Å². The molecule has 3 rings (SSSR count). The van der Waals surface area contributed by atoms with Crippen molar-refractivity contribution in [2.75, 3.05) is 0 Å². The van der Waals surface area contributed by atoms with Crippen LogP contribution in [0.5, 0.6) is 0 Å². The fraction of sp³-hybridized carbons (Fsp3) is 0.188. The number of thiophene rings is 1. The van der Waals surface area contributed by atoms with Gasteiger partial charge in [0, 0.05) is 4.88 Å². The Kier molecular flexibility index (Phi) is 3.54. The number of carboxylic acids is 1. The molecular weight excluding hydrogens is 302 g/mol. The van der Waals surface area contributed by atoms with Crippen molar-refractivity contribution in [2.45, 2.75) is 19.4 Å². The lowest BCUT2D eigenvalue weighted by Crippen LogP contribution is -2.35. The summed E-state index contributed by atoms with van der Waals surface area (Å²) >= 11 is 1.34. The second kappa shape index (κ2) is 5.38. The van der Waals surface area contributed by atoms with Gasteiger partial charge in [-0.25, -0.2) is 0 Å². The monoisotopic (exact) mass is 315 g/mol. The third-order valence-corrected chi connectivity index (χ3v) is 4.60. The summed E-state index contributed by atoms with van der Waals surface area (Å²) in [6, 6.07) is 7.80. The number of carbonyl (C=O) groups excluding carboxylic acids is 2. The zero-order valence-corrected chi connectivity index (χ0v) is 12.6. The number of hydrogen-bond donors (Lipinski definition) is 1. The topological polar surface area (TPSA) is 74.7 Å². The molecule has 0 spiro atoms. The fourth-order valence-corrected chi connectivity index (χ4v) is 3.44. The highest BCUT2D eigenvalue weighted by molar-refractivity contribution is 7.10. The van der Waals surface area contributed by atoms with Gasteiger partial charge in [-0.05, 0) is 30.5 Å². The van der Waals surface area contributed by atoms with Gasteiger partial charge in [-0.2, -0.15) is 0 Å². The summed E-state index contributed by atoms with van der Waals surface area (Å²) in [7, 11) is 0. The number of aryl methyl sites for hydroxylation is 1. The van der Waals surface area contributed by atoms with Crippen LogP contribution in [0.15, 0.2) is 35.7 Å². The molecular formula is C16H13NO4S. The second-order valence-corrected chi connectivity index (χ2v) is 6.14. The Morgan fingerprint density at radius 1 is 1.23 bits per heavy atom. The SMILES string of the molecule is Cc1ccc2c(c1)C(=O)N(C(CC(=O)O)c1cccs1)C2=O. The van der Waals surface area contributed by atoms with Crippen LogP contribution in [0.1, 0.15) is 43.6 Å². The molecule has 22 heavy (non-hydrogen) atoms. The van der Waals surface area contributed by atoms with E-state index in [2.05, 4.69) is 0 Å². The lowest BCUT2D eigenvalue weighted by Gasteiger charge is -2.23. The Hall–Kier alpha value is -2.47. The molecule has 1 aromatic carbocycles. The normalized spacial score (nSPS) is 15.0. The van der Waals surface area contributed by atoms with Crippen LogP contribution in [0.3, 0.4) is 0 Å². The van der Waals surface area contributed by atoms with Crippen molar-refractivity contribution in [3.63, 3.8) is 0 Å². The Morgan fingerprint density at radius 2 is 1.95 bits per heavy atom. The number of aliphatic carboxylic acids is 1. The zero-order chi connectivity index (χ0) is 15.9. The number of carbonyl (C=O) groups is 3. The van der Waals surface area contributed by atoms with E-state index in [4.69, 9.17) is 5.11 Å². The molecule has 0 bridgehead atoms. The summed E-state index contributed by atoms with van der Waals surface area (Å²) in [5, 5.41) is 10.9. The lowest BCUT2D eigenvalue weighted by molar-refractivity contribution is -0.138. The van der Waals surface area contributed by atoms with E-state index < -0.39 is 23.8 Å². The first-order valence-electron chi connectivity index (χ1n) is 6.73. The number of imide groups is 1. The van der Waals surface area contributed by atoms with E-state index in [9.17, 15) is 14.4 Å². The molecule has 1 atom stereocenters. The standard InChI is InChI=1S/C16H13NO4S/c1-9-4-5-10-11(7-9)16(21)17(15(10)20)12(8-14(18)19)13-3-2-6-22-13/h2-7,12H,8H2,1H3,(H,18,19).